The molecule has 0 radical (unpaired) electrons. The first-order chi connectivity index (χ1) is 12.5. The molecule has 0 unspecified atom stereocenters. The lowest BCUT2D eigenvalue weighted by Gasteiger charge is -2.45. The molecule has 0 saturated carbocycles. The molecular formula is C25H26Si. The van der Waals surface area contributed by atoms with Crippen molar-refractivity contribution in [3.05, 3.63) is 109 Å². The highest BCUT2D eigenvalue weighted by molar-refractivity contribution is 7.16. The van der Waals surface area contributed by atoms with Gasteiger partial charge in [-0.25, -0.2) is 0 Å². The predicted octanol–water partition coefficient (Wildman–Crippen LogP) is 5.46. The summed E-state index contributed by atoms with van der Waals surface area (Å²) in [6, 6.07) is 32.6. The Labute approximate surface area is 158 Å². The minimum absolute atomic E-state index is 0.0472. The van der Waals surface area contributed by atoms with Crippen molar-refractivity contribution in [1.82, 2.24) is 0 Å². The summed E-state index contributed by atoms with van der Waals surface area (Å²) in [6.45, 7) is 11.2. The third kappa shape index (κ3) is 3.01. The van der Waals surface area contributed by atoms with Crippen LogP contribution < -0.4 is 10.4 Å². The molecule has 0 N–H and O–H groups in total. The molecule has 0 aliphatic heterocycles. The largest absolute Gasteiger partial charge is 0.163 e. The minimum atomic E-state index is -2.38. The first-order valence-electron chi connectivity index (χ1n) is 9.09. The molecule has 0 aromatic heterocycles. The Morgan fingerprint density at radius 3 is 1.42 bits per heavy atom. The Morgan fingerprint density at radius 2 is 1.08 bits per heavy atom. The van der Waals surface area contributed by atoms with Gasteiger partial charge in [0.1, 0.15) is 0 Å². The van der Waals surface area contributed by atoms with Crippen LogP contribution in [0.25, 0.3) is 5.20 Å². The van der Waals surface area contributed by atoms with Gasteiger partial charge >= 0.3 is 0 Å². The molecule has 0 nitrogen and oxygen atoms in total. The summed E-state index contributed by atoms with van der Waals surface area (Å²) in [6.07, 6.45) is 0. The van der Waals surface area contributed by atoms with Crippen molar-refractivity contribution in [3.8, 4) is 0 Å². The Hall–Kier alpha value is -2.60. The van der Waals surface area contributed by atoms with E-state index in [0.717, 1.165) is 0 Å². The zero-order valence-corrected chi connectivity index (χ0v) is 16.9. The van der Waals surface area contributed by atoms with E-state index in [2.05, 4.69) is 124 Å². The molecular weight excluding hydrogens is 328 g/mol. The lowest BCUT2D eigenvalue weighted by molar-refractivity contribution is 0.740. The molecule has 0 bridgehead atoms. The van der Waals surface area contributed by atoms with E-state index in [9.17, 15) is 0 Å². The standard InChI is InChI=1S/C25H26Si/c1-5-24(21-15-9-6-10-16-21)26(25(2,3)4,22-17-11-7-12-18-22)23-19-13-8-14-20-23/h6-20H,1H2,2-4H3. The molecule has 3 aromatic rings. The highest BCUT2D eigenvalue weighted by atomic mass is 28.3. The Morgan fingerprint density at radius 1 is 0.692 bits per heavy atom. The van der Waals surface area contributed by atoms with E-state index in [1.54, 1.807) is 0 Å². The minimum Gasteiger partial charge on any atom is -0.128 e. The van der Waals surface area contributed by atoms with Gasteiger partial charge in [0.2, 0.25) is 0 Å². The van der Waals surface area contributed by atoms with Gasteiger partial charge in [-0.3, -0.25) is 0 Å². The summed E-state index contributed by atoms with van der Waals surface area (Å²) in [7, 11) is -2.38. The smallest absolute Gasteiger partial charge is 0.128 e. The van der Waals surface area contributed by atoms with Crippen LogP contribution in [0, 0.1) is 0 Å². The first kappa shape index (κ1) is 18.2. The second-order valence-corrected chi connectivity index (χ2v) is 12.3. The van der Waals surface area contributed by atoms with Crippen molar-refractivity contribution in [1.29, 1.82) is 0 Å². The average molecular weight is 355 g/mol. The summed E-state index contributed by atoms with van der Waals surface area (Å²) in [5.41, 5.74) is 4.61. The van der Waals surface area contributed by atoms with E-state index < -0.39 is 8.07 Å². The van der Waals surface area contributed by atoms with Gasteiger partial charge in [0.15, 0.2) is 8.07 Å². The molecule has 1 heteroatoms. The van der Waals surface area contributed by atoms with Gasteiger partial charge in [-0.1, -0.05) is 118 Å². The van der Waals surface area contributed by atoms with Crippen molar-refractivity contribution in [2.75, 3.05) is 0 Å². The van der Waals surface area contributed by atoms with Crippen molar-refractivity contribution in [3.63, 3.8) is 0 Å². The average Bonchev–Trinajstić information content (AvgIpc) is 2.67. The SMILES string of the molecule is C=C=C(c1ccccc1)[Si](c1ccccc1)(c1ccccc1)C(C)(C)C. The van der Waals surface area contributed by atoms with E-state index in [1.165, 1.54) is 21.1 Å². The molecule has 0 aliphatic carbocycles. The van der Waals surface area contributed by atoms with Crippen LogP contribution in [0.1, 0.15) is 26.3 Å². The molecule has 0 aliphatic rings. The fraction of sp³-hybridized carbons (Fsp3) is 0.160. The van der Waals surface area contributed by atoms with E-state index in [1.807, 2.05) is 0 Å². The highest BCUT2D eigenvalue weighted by Crippen LogP contribution is 2.43. The second kappa shape index (κ2) is 7.33. The maximum absolute atomic E-state index is 4.14. The van der Waals surface area contributed by atoms with E-state index >= 15 is 0 Å². The van der Waals surface area contributed by atoms with Gasteiger partial charge in [0.25, 0.3) is 0 Å². The van der Waals surface area contributed by atoms with Gasteiger partial charge in [0, 0.05) is 0 Å². The van der Waals surface area contributed by atoms with Crippen molar-refractivity contribution >= 4 is 23.6 Å². The first-order valence-corrected chi connectivity index (χ1v) is 11.1. The van der Waals surface area contributed by atoms with Gasteiger partial charge < -0.3 is 0 Å². The monoisotopic (exact) mass is 354 g/mol. The van der Waals surface area contributed by atoms with E-state index in [4.69, 9.17) is 0 Å². The molecule has 0 atom stereocenters. The van der Waals surface area contributed by atoms with Gasteiger partial charge in [0.05, 0.1) is 0 Å². The number of hydrogen-bond acceptors (Lipinski definition) is 0. The summed E-state index contributed by atoms with van der Waals surface area (Å²) in [5, 5.41) is 4.09. The van der Waals surface area contributed by atoms with Crippen LogP contribution in [0.15, 0.2) is 103 Å². The number of rotatable bonds is 4. The molecule has 0 saturated heterocycles. The normalized spacial score (nSPS) is 11.7. The van der Waals surface area contributed by atoms with Crippen LogP contribution in [0.3, 0.4) is 0 Å². The molecule has 0 heterocycles. The Kier molecular flexibility index (Phi) is 5.13. The quantitative estimate of drug-likeness (QED) is 0.431. The van der Waals surface area contributed by atoms with E-state index in [0.29, 0.717) is 0 Å². The van der Waals surface area contributed by atoms with Crippen molar-refractivity contribution in [2.24, 2.45) is 0 Å². The van der Waals surface area contributed by atoms with Gasteiger partial charge in [-0.2, -0.15) is 0 Å². The molecule has 0 amide bonds. The third-order valence-electron chi connectivity index (χ3n) is 5.15. The molecule has 130 valence electrons. The van der Waals surface area contributed by atoms with Crippen LogP contribution in [-0.2, 0) is 0 Å². The molecule has 0 spiro atoms. The molecule has 26 heavy (non-hydrogen) atoms. The zero-order chi connectivity index (χ0) is 18.6. The summed E-state index contributed by atoms with van der Waals surface area (Å²) >= 11 is 0. The fourth-order valence-electron chi connectivity index (χ4n) is 4.13. The summed E-state index contributed by atoms with van der Waals surface area (Å²) < 4.78 is 0. The van der Waals surface area contributed by atoms with Crippen molar-refractivity contribution < 1.29 is 0 Å². The zero-order valence-electron chi connectivity index (χ0n) is 15.9. The van der Waals surface area contributed by atoms with Crippen LogP contribution in [0.5, 0.6) is 0 Å². The lowest BCUT2D eigenvalue weighted by atomic mass is 10.2. The summed E-state index contributed by atoms with van der Waals surface area (Å²) in [4.78, 5) is 0. The Balaban J connectivity index is 2.44. The summed E-state index contributed by atoms with van der Waals surface area (Å²) in [5.74, 6) is 0. The second-order valence-electron chi connectivity index (χ2n) is 7.65. The molecule has 0 fully saturated rings. The number of benzene rings is 3. The van der Waals surface area contributed by atoms with Gasteiger partial charge in [-0.15, -0.1) is 5.73 Å². The highest BCUT2D eigenvalue weighted by Gasteiger charge is 2.51. The van der Waals surface area contributed by atoms with Crippen molar-refractivity contribution in [2.45, 2.75) is 25.8 Å². The van der Waals surface area contributed by atoms with Crippen LogP contribution in [0.2, 0.25) is 5.04 Å². The lowest BCUT2D eigenvalue weighted by Crippen LogP contribution is -2.65. The van der Waals surface area contributed by atoms with Crippen LogP contribution >= 0.6 is 0 Å². The maximum atomic E-state index is 4.14. The topological polar surface area (TPSA) is 0 Å². The van der Waals surface area contributed by atoms with Gasteiger partial charge in [-0.05, 0) is 26.2 Å². The number of hydrogen-bond donors (Lipinski definition) is 0. The fourth-order valence-corrected chi connectivity index (χ4v) is 9.77. The Bertz CT molecular complexity index is 857. The van der Waals surface area contributed by atoms with Crippen LogP contribution in [0.4, 0.5) is 0 Å². The predicted molar refractivity (Wildman–Crippen MR) is 117 cm³/mol. The molecule has 3 rings (SSSR count). The maximum Gasteiger partial charge on any atom is 0.163 e. The third-order valence-corrected chi connectivity index (χ3v) is 11.0. The van der Waals surface area contributed by atoms with E-state index in [-0.39, 0.29) is 5.04 Å². The molecule has 3 aromatic carbocycles. The van der Waals surface area contributed by atoms with Crippen LogP contribution in [-0.4, -0.2) is 8.07 Å².